The molecule has 7 nitrogen and oxygen atoms in total. The zero-order chi connectivity index (χ0) is 25.1. The Hall–Kier alpha value is -3.48. The van der Waals surface area contributed by atoms with E-state index < -0.39 is 11.6 Å². The Morgan fingerprint density at radius 1 is 0.944 bits per heavy atom. The fourth-order valence-electron chi connectivity index (χ4n) is 5.63. The molecule has 0 saturated heterocycles. The molecule has 0 bridgehead atoms. The summed E-state index contributed by atoms with van der Waals surface area (Å²) in [6, 6.07) is 15.4. The van der Waals surface area contributed by atoms with Crippen LogP contribution < -0.4 is 0 Å². The summed E-state index contributed by atoms with van der Waals surface area (Å²) in [5, 5.41) is 7.44. The Morgan fingerprint density at radius 2 is 1.67 bits per heavy atom. The van der Waals surface area contributed by atoms with Crippen molar-refractivity contribution >= 4 is 23.6 Å². The van der Waals surface area contributed by atoms with E-state index in [9.17, 15) is 9.59 Å². The van der Waals surface area contributed by atoms with Gasteiger partial charge in [0.1, 0.15) is 11.4 Å². The van der Waals surface area contributed by atoms with E-state index in [1.807, 2.05) is 41.3 Å². The van der Waals surface area contributed by atoms with Gasteiger partial charge in [-0.05, 0) is 48.8 Å². The van der Waals surface area contributed by atoms with Crippen molar-refractivity contribution < 1.29 is 9.59 Å². The Bertz CT molecular complexity index is 1240. The van der Waals surface area contributed by atoms with Crippen LogP contribution in [0.1, 0.15) is 76.3 Å². The lowest BCUT2D eigenvalue weighted by molar-refractivity contribution is -0.133. The molecule has 0 spiro atoms. The number of hydrogen-bond donors (Lipinski definition) is 0. The third-order valence-corrected chi connectivity index (χ3v) is 7.71. The average Bonchev–Trinajstić information content (AvgIpc) is 3.45. The number of unbranched alkanes of at least 4 members (excludes halogenated alkanes) is 1. The number of amidine groups is 2. The molecule has 1 aliphatic carbocycles. The second-order valence-corrected chi connectivity index (χ2v) is 10.2. The maximum atomic E-state index is 13.8. The SMILES string of the molecule is CCCCC1=N[C@@](C)(C2CCCCC2)C(=O)N1Cc1ccc(-c2ccccc2C2=NC(=O)N=N2)cc1. The van der Waals surface area contributed by atoms with E-state index in [2.05, 4.69) is 41.2 Å². The van der Waals surface area contributed by atoms with Gasteiger partial charge in [-0.2, -0.15) is 4.99 Å². The lowest BCUT2D eigenvalue weighted by Crippen LogP contribution is -2.45. The number of carbonyl (C=O) groups excluding carboxylic acids is 2. The van der Waals surface area contributed by atoms with E-state index >= 15 is 0 Å². The van der Waals surface area contributed by atoms with Crippen LogP contribution in [0.5, 0.6) is 0 Å². The van der Waals surface area contributed by atoms with E-state index in [1.54, 1.807) is 0 Å². The smallest absolute Gasteiger partial charge is 0.294 e. The van der Waals surface area contributed by atoms with Crippen LogP contribution in [0.25, 0.3) is 11.1 Å². The fraction of sp³-hybridized carbons (Fsp3) is 0.448. The predicted octanol–water partition coefficient (Wildman–Crippen LogP) is 6.96. The summed E-state index contributed by atoms with van der Waals surface area (Å²) in [5.74, 6) is 1.77. The third-order valence-electron chi connectivity index (χ3n) is 7.71. The fourth-order valence-corrected chi connectivity index (χ4v) is 5.63. The van der Waals surface area contributed by atoms with Crippen LogP contribution in [0, 0.1) is 5.92 Å². The Balaban J connectivity index is 1.38. The van der Waals surface area contributed by atoms with Crippen molar-refractivity contribution in [2.75, 3.05) is 0 Å². The minimum Gasteiger partial charge on any atom is -0.294 e. The number of urea groups is 1. The van der Waals surface area contributed by atoms with Crippen LogP contribution in [-0.4, -0.2) is 34.0 Å². The first-order valence-corrected chi connectivity index (χ1v) is 13.1. The standard InChI is InChI=1S/C29H33N5O2/c1-3-4-14-25-31-29(2,22-10-6-5-7-11-22)27(35)34(25)19-20-15-17-21(18-16-20)23-12-8-9-13-24(23)26-30-28(36)33-32-26/h8-9,12-13,15-18,22H,3-7,10-11,14,19H2,1-2H3/t29-/m0/s1. The molecule has 186 valence electrons. The molecule has 2 aromatic rings. The topological polar surface area (TPSA) is 86.8 Å². The molecule has 0 radical (unpaired) electrons. The zero-order valence-electron chi connectivity index (χ0n) is 21.1. The second-order valence-electron chi connectivity index (χ2n) is 10.2. The number of rotatable bonds is 8. The normalized spacial score (nSPS) is 22.3. The molecule has 3 amide bonds. The quantitative estimate of drug-likeness (QED) is 0.406. The molecule has 0 aromatic heterocycles. The maximum Gasteiger partial charge on any atom is 0.387 e. The molecule has 0 unspecified atom stereocenters. The molecule has 36 heavy (non-hydrogen) atoms. The van der Waals surface area contributed by atoms with Gasteiger partial charge in [0, 0.05) is 12.0 Å². The van der Waals surface area contributed by atoms with Crippen molar-refractivity contribution in [1.29, 1.82) is 0 Å². The highest BCUT2D eigenvalue weighted by Gasteiger charge is 2.49. The molecule has 1 saturated carbocycles. The number of nitrogens with zero attached hydrogens (tertiary/aromatic N) is 5. The number of carbonyl (C=O) groups is 2. The first kappa shape index (κ1) is 24.2. The van der Waals surface area contributed by atoms with Gasteiger partial charge in [0.05, 0.1) is 6.54 Å². The molecule has 7 heteroatoms. The molecule has 1 atom stereocenters. The summed E-state index contributed by atoms with van der Waals surface area (Å²) < 4.78 is 0. The summed E-state index contributed by atoms with van der Waals surface area (Å²) in [4.78, 5) is 36.2. The van der Waals surface area contributed by atoms with Gasteiger partial charge in [0.2, 0.25) is 0 Å². The third kappa shape index (κ3) is 4.66. The number of hydrogen-bond acceptors (Lipinski definition) is 4. The van der Waals surface area contributed by atoms with Gasteiger partial charge < -0.3 is 0 Å². The lowest BCUT2D eigenvalue weighted by atomic mass is 9.75. The van der Waals surface area contributed by atoms with Gasteiger partial charge in [-0.1, -0.05) is 86.3 Å². The van der Waals surface area contributed by atoms with Crippen molar-refractivity contribution in [2.45, 2.75) is 77.3 Å². The van der Waals surface area contributed by atoms with Crippen molar-refractivity contribution in [1.82, 2.24) is 4.90 Å². The zero-order valence-corrected chi connectivity index (χ0v) is 21.1. The second kappa shape index (κ2) is 10.2. The number of benzene rings is 2. The van der Waals surface area contributed by atoms with Gasteiger partial charge >= 0.3 is 6.03 Å². The predicted molar refractivity (Wildman–Crippen MR) is 141 cm³/mol. The van der Waals surface area contributed by atoms with E-state index in [0.29, 0.717) is 18.3 Å². The van der Waals surface area contributed by atoms with Crippen LogP contribution in [0.3, 0.4) is 0 Å². The van der Waals surface area contributed by atoms with Crippen LogP contribution >= 0.6 is 0 Å². The van der Waals surface area contributed by atoms with Gasteiger partial charge in [0.25, 0.3) is 5.91 Å². The van der Waals surface area contributed by atoms with Gasteiger partial charge in [-0.3, -0.25) is 14.7 Å². The minimum absolute atomic E-state index is 0.157. The highest BCUT2D eigenvalue weighted by atomic mass is 16.2. The van der Waals surface area contributed by atoms with Gasteiger partial charge in [-0.15, -0.1) is 5.11 Å². The van der Waals surface area contributed by atoms with E-state index in [1.165, 1.54) is 19.3 Å². The molecule has 5 rings (SSSR count). The van der Waals surface area contributed by atoms with Crippen molar-refractivity contribution in [3.05, 3.63) is 59.7 Å². The lowest BCUT2D eigenvalue weighted by Gasteiger charge is -2.33. The van der Waals surface area contributed by atoms with Crippen LogP contribution in [-0.2, 0) is 11.3 Å². The molecule has 1 fully saturated rings. The Morgan fingerprint density at radius 3 is 2.33 bits per heavy atom. The molecule has 2 heterocycles. The van der Waals surface area contributed by atoms with Crippen LogP contribution in [0.4, 0.5) is 4.79 Å². The Kier molecular flexibility index (Phi) is 6.90. The first-order valence-electron chi connectivity index (χ1n) is 13.1. The summed E-state index contributed by atoms with van der Waals surface area (Å²) >= 11 is 0. The first-order chi connectivity index (χ1) is 17.5. The molecule has 0 N–H and O–H groups in total. The monoisotopic (exact) mass is 483 g/mol. The summed E-state index contributed by atoms with van der Waals surface area (Å²) in [5.41, 5.74) is 3.13. The highest BCUT2D eigenvalue weighted by Crippen LogP contribution is 2.40. The number of azo groups is 1. The molecular weight excluding hydrogens is 450 g/mol. The molecule has 2 aliphatic heterocycles. The van der Waals surface area contributed by atoms with Gasteiger partial charge in [0.15, 0.2) is 5.84 Å². The van der Waals surface area contributed by atoms with E-state index in [-0.39, 0.29) is 5.91 Å². The Labute approximate surface area is 212 Å². The van der Waals surface area contributed by atoms with Crippen LogP contribution in [0.15, 0.2) is 68.7 Å². The minimum atomic E-state index is -0.629. The summed E-state index contributed by atoms with van der Waals surface area (Å²) in [6.07, 6.45) is 8.77. The largest absolute Gasteiger partial charge is 0.387 e. The number of amides is 3. The molecule has 2 aromatic carbocycles. The average molecular weight is 484 g/mol. The van der Waals surface area contributed by atoms with E-state index in [0.717, 1.165) is 60.2 Å². The van der Waals surface area contributed by atoms with Crippen molar-refractivity contribution in [3.8, 4) is 11.1 Å². The summed E-state index contributed by atoms with van der Waals surface area (Å²) in [6.45, 7) is 4.76. The number of aliphatic imine (C=N–C) groups is 2. The maximum absolute atomic E-state index is 13.8. The van der Waals surface area contributed by atoms with Crippen molar-refractivity contribution in [3.63, 3.8) is 0 Å². The van der Waals surface area contributed by atoms with Crippen LogP contribution in [0.2, 0.25) is 0 Å². The molecule has 3 aliphatic rings. The van der Waals surface area contributed by atoms with Crippen molar-refractivity contribution in [2.24, 2.45) is 26.1 Å². The van der Waals surface area contributed by atoms with Gasteiger partial charge in [-0.25, -0.2) is 4.79 Å². The van der Waals surface area contributed by atoms with E-state index in [4.69, 9.17) is 4.99 Å². The highest BCUT2D eigenvalue weighted by molar-refractivity contribution is 6.11. The molecular formula is C29H33N5O2. The summed E-state index contributed by atoms with van der Waals surface area (Å²) in [7, 11) is 0.